The zero-order valence-electron chi connectivity index (χ0n) is 19.5. The van der Waals surface area contributed by atoms with Gasteiger partial charge in [0.05, 0.1) is 12.8 Å². The molecule has 1 aliphatic heterocycles. The molecule has 0 saturated carbocycles. The first-order valence-corrected chi connectivity index (χ1v) is 11.3. The van der Waals surface area contributed by atoms with Crippen LogP contribution in [0.25, 0.3) is 21.9 Å². The zero-order valence-corrected chi connectivity index (χ0v) is 19.5. The number of methoxy groups -OCH3 is 1. The number of imide groups is 1. The van der Waals surface area contributed by atoms with Crippen molar-refractivity contribution in [3.05, 3.63) is 72.3 Å². The largest absolute Gasteiger partial charge is 0.495 e. The van der Waals surface area contributed by atoms with Crippen LogP contribution in [0.3, 0.4) is 0 Å². The monoisotopic (exact) mass is 471 g/mol. The maximum atomic E-state index is 13.1. The second kappa shape index (κ2) is 8.79. The third-order valence-electron chi connectivity index (χ3n) is 6.38. The molecule has 0 radical (unpaired) electrons. The molecule has 1 aromatic heterocycles. The first-order chi connectivity index (χ1) is 16.9. The molecule has 1 aliphatic rings. The summed E-state index contributed by atoms with van der Waals surface area (Å²) in [5, 5.41) is 7.30. The van der Waals surface area contributed by atoms with Crippen LogP contribution in [-0.4, -0.2) is 41.9 Å². The van der Waals surface area contributed by atoms with Crippen LogP contribution in [0, 0.1) is 0 Å². The number of carbonyl (C=O) groups excluding carboxylic acids is 3. The van der Waals surface area contributed by atoms with E-state index in [0.29, 0.717) is 29.9 Å². The molecule has 8 heteroatoms. The van der Waals surface area contributed by atoms with Crippen LogP contribution in [0.15, 0.2) is 71.1 Å². The Kier molecular flexibility index (Phi) is 5.64. The SMILES string of the molecule is COc1cc2c(cc1NC(=O)CN1C(=O)N[C@@](C)(CCc3ccccc3)C1=O)oc1ccccc12. The van der Waals surface area contributed by atoms with E-state index in [4.69, 9.17) is 9.15 Å². The summed E-state index contributed by atoms with van der Waals surface area (Å²) >= 11 is 0. The minimum absolute atomic E-state index is 0.392. The van der Waals surface area contributed by atoms with Gasteiger partial charge in [0.15, 0.2) is 0 Å². The Hall–Kier alpha value is -4.33. The lowest BCUT2D eigenvalue weighted by atomic mass is 9.93. The van der Waals surface area contributed by atoms with Crippen molar-refractivity contribution in [2.45, 2.75) is 25.3 Å². The van der Waals surface area contributed by atoms with Crippen molar-refractivity contribution < 1.29 is 23.5 Å². The summed E-state index contributed by atoms with van der Waals surface area (Å²) in [5.41, 5.74) is 1.70. The molecule has 0 unspecified atom stereocenters. The molecule has 35 heavy (non-hydrogen) atoms. The van der Waals surface area contributed by atoms with E-state index in [1.54, 1.807) is 19.1 Å². The lowest BCUT2D eigenvalue weighted by Gasteiger charge is -2.21. The topological polar surface area (TPSA) is 101 Å². The average molecular weight is 472 g/mol. The Morgan fingerprint density at radius 1 is 1.03 bits per heavy atom. The summed E-state index contributed by atoms with van der Waals surface area (Å²) in [6.45, 7) is 1.28. The van der Waals surface area contributed by atoms with Crippen molar-refractivity contribution >= 4 is 45.5 Å². The fraction of sp³-hybridized carbons (Fsp3) is 0.222. The van der Waals surface area contributed by atoms with Crippen molar-refractivity contribution in [3.63, 3.8) is 0 Å². The van der Waals surface area contributed by atoms with Crippen LogP contribution in [0.1, 0.15) is 18.9 Å². The molecule has 4 aromatic rings. The highest BCUT2D eigenvalue weighted by Gasteiger charge is 2.47. The molecular formula is C27H25N3O5. The predicted octanol–water partition coefficient (Wildman–Crippen LogP) is 4.48. The van der Waals surface area contributed by atoms with Crippen molar-refractivity contribution in [2.24, 2.45) is 0 Å². The van der Waals surface area contributed by atoms with E-state index >= 15 is 0 Å². The highest BCUT2D eigenvalue weighted by Crippen LogP contribution is 2.36. The predicted molar refractivity (Wildman–Crippen MR) is 132 cm³/mol. The highest BCUT2D eigenvalue weighted by molar-refractivity contribution is 6.11. The number of amides is 4. The van der Waals surface area contributed by atoms with Gasteiger partial charge in [-0.3, -0.25) is 14.5 Å². The van der Waals surface area contributed by atoms with Crippen LogP contribution >= 0.6 is 0 Å². The molecule has 2 N–H and O–H groups in total. The quantitative estimate of drug-likeness (QED) is 0.387. The number of nitrogens with zero attached hydrogens (tertiary/aromatic N) is 1. The standard InChI is InChI=1S/C27H25N3O5/c1-27(13-12-17-8-4-3-5-9-17)25(32)30(26(33)29-27)16-24(31)28-20-15-22-19(14-23(20)34-2)18-10-6-7-11-21(18)35-22/h3-11,14-15H,12-13,16H2,1-2H3,(H,28,31)(H,29,33)/t27-/m0/s1. The number of urea groups is 1. The van der Waals surface area contributed by atoms with E-state index in [2.05, 4.69) is 10.6 Å². The molecule has 3 aromatic carbocycles. The van der Waals surface area contributed by atoms with Gasteiger partial charge in [0.2, 0.25) is 5.91 Å². The summed E-state index contributed by atoms with van der Waals surface area (Å²) in [5.74, 6) is -0.495. The highest BCUT2D eigenvalue weighted by atomic mass is 16.5. The summed E-state index contributed by atoms with van der Waals surface area (Å²) in [6, 6.07) is 20.3. The van der Waals surface area contributed by atoms with Crippen molar-refractivity contribution in [1.29, 1.82) is 0 Å². The van der Waals surface area contributed by atoms with Crippen molar-refractivity contribution in [2.75, 3.05) is 19.0 Å². The Balaban J connectivity index is 1.31. The van der Waals surface area contributed by atoms with Crippen molar-refractivity contribution in [1.82, 2.24) is 10.2 Å². The summed E-state index contributed by atoms with van der Waals surface area (Å²) in [6.07, 6.45) is 1.05. The maximum Gasteiger partial charge on any atom is 0.325 e. The van der Waals surface area contributed by atoms with Crippen LogP contribution in [-0.2, 0) is 16.0 Å². The van der Waals surface area contributed by atoms with E-state index < -0.39 is 29.9 Å². The fourth-order valence-electron chi connectivity index (χ4n) is 4.45. The summed E-state index contributed by atoms with van der Waals surface area (Å²) in [7, 11) is 1.51. The first kappa shape index (κ1) is 22.5. The van der Waals surface area contributed by atoms with Gasteiger partial charge in [-0.2, -0.15) is 0 Å². The van der Waals surface area contributed by atoms with Crippen LogP contribution in [0.4, 0.5) is 10.5 Å². The fourth-order valence-corrected chi connectivity index (χ4v) is 4.45. The van der Waals surface area contributed by atoms with Gasteiger partial charge in [-0.15, -0.1) is 0 Å². The zero-order chi connectivity index (χ0) is 24.6. The number of nitrogens with one attached hydrogen (secondary N) is 2. The Morgan fingerprint density at radius 3 is 2.54 bits per heavy atom. The number of furan rings is 1. The van der Waals surface area contributed by atoms with E-state index in [-0.39, 0.29) is 0 Å². The van der Waals surface area contributed by atoms with E-state index in [1.807, 2.05) is 54.6 Å². The maximum absolute atomic E-state index is 13.1. The van der Waals surface area contributed by atoms with Gasteiger partial charge in [-0.25, -0.2) is 4.79 Å². The average Bonchev–Trinajstić information content (AvgIpc) is 3.32. The van der Waals surface area contributed by atoms with Gasteiger partial charge < -0.3 is 19.8 Å². The molecule has 8 nitrogen and oxygen atoms in total. The number of ether oxygens (including phenoxy) is 1. The Morgan fingerprint density at radius 2 is 1.77 bits per heavy atom. The summed E-state index contributed by atoms with van der Waals surface area (Å²) in [4.78, 5) is 39.4. The number of fused-ring (bicyclic) bond motifs is 3. The Bertz CT molecular complexity index is 1450. The van der Waals surface area contributed by atoms with Gasteiger partial charge >= 0.3 is 6.03 Å². The lowest BCUT2D eigenvalue weighted by molar-refractivity contribution is -0.133. The molecule has 2 heterocycles. The normalized spacial score (nSPS) is 17.7. The minimum Gasteiger partial charge on any atom is -0.495 e. The van der Waals surface area contributed by atoms with E-state index in [1.165, 1.54) is 7.11 Å². The summed E-state index contributed by atoms with van der Waals surface area (Å²) < 4.78 is 11.4. The Labute approximate surface area is 201 Å². The molecular weight excluding hydrogens is 446 g/mol. The number of carbonyl (C=O) groups is 3. The number of hydrogen-bond acceptors (Lipinski definition) is 5. The molecule has 5 rings (SSSR count). The van der Waals surface area contributed by atoms with E-state index in [0.717, 1.165) is 26.8 Å². The molecule has 4 amide bonds. The number of anilines is 1. The molecule has 0 aliphatic carbocycles. The number of benzene rings is 3. The number of rotatable bonds is 7. The second-order valence-corrected chi connectivity index (χ2v) is 8.83. The third kappa shape index (κ3) is 4.19. The molecule has 0 bridgehead atoms. The van der Waals surface area contributed by atoms with E-state index in [9.17, 15) is 14.4 Å². The molecule has 1 fully saturated rings. The minimum atomic E-state index is -1.07. The third-order valence-corrected chi connectivity index (χ3v) is 6.38. The number of para-hydroxylation sites is 1. The smallest absolute Gasteiger partial charge is 0.325 e. The molecule has 0 spiro atoms. The van der Waals surface area contributed by atoms with Gasteiger partial charge in [0, 0.05) is 16.8 Å². The van der Waals surface area contributed by atoms with Crippen LogP contribution in [0.2, 0.25) is 0 Å². The second-order valence-electron chi connectivity index (χ2n) is 8.83. The van der Waals surface area contributed by atoms with Gasteiger partial charge in [0.25, 0.3) is 5.91 Å². The first-order valence-electron chi connectivity index (χ1n) is 11.3. The van der Waals surface area contributed by atoms with Crippen LogP contribution in [0.5, 0.6) is 5.75 Å². The molecule has 1 atom stereocenters. The van der Waals surface area contributed by atoms with Gasteiger partial charge in [-0.1, -0.05) is 48.5 Å². The van der Waals surface area contributed by atoms with Crippen molar-refractivity contribution in [3.8, 4) is 5.75 Å². The number of hydrogen-bond donors (Lipinski definition) is 2. The number of aryl methyl sites for hydroxylation is 1. The molecule has 1 saturated heterocycles. The molecule has 178 valence electrons. The van der Waals surface area contributed by atoms with Gasteiger partial charge in [-0.05, 0) is 37.5 Å². The van der Waals surface area contributed by atoms with Crippen LogP contribution < -0.4 is 15.4 Å². The lowest BCUT2D eigenvalue weighted by Crippen LogP contribution is -2.45. The van der Waals surface area contributed by atoms with Gasteiger partial charge in [0.1, 0.15) is 29.0 Å².